The summed E-state index contributed by atoms with van der Waals surface area (Å²) < 4.78 is 16.6. The van der Waals surface area contributed by atoms with Gasteiger partial charge in [0.2, 0.25) is 5.89 Å². The van der Waals surface area contributed by atoms with Crippen LogP contribution in [0.1, 0.15) is 28.5 Å². The van der Waals surface area contributed by atoms with E-state index in [1.54, 1.807) is 18.9 Å². The number of fused-ring (bicyclic) bond motifs is 2. The molecule has 0 atom stereocenters. The maximum Gasteiger partial charge on any atom is 0.340 e. The molecular weight excluding hydrogens is 697 g/mol. The Labute approximate surface area is 319 Å². The summed E-state index contributed by atoms with van der Waals surface area (Å²) in [5.74, 6) is 0.314. The first kappa shape index (κ1) is 36.9. The largest absolute Gasteiger partial charge is 0.462 e. The fraction of sp³-hybridized carbons (Fsp3) is 0.0909. The molecule has 0 bridgehead atoms. The van der Waals surface area contributed by atoms with Crippen LogP contribution >= 0.6 is 24.6 Å². The molecule has 9 heteroatoms. The Bertz CT molecular complexity index is 2390. The maximum atomic E-state index is 12.4. The molecule has 0 saturated heterocycles. The molecule has 0 unspecified atom stereocenters. The first-order chi connectivity index (χ1) is 25.8. The van der Waals surface area contributed by atoms with Gasteiger partial charge in [-0.15, -0.1) is 12.6 Å². The number of aromatic nitrogens is 2. The zero-order valence-corrected chi connectivity index (χ0v) is 31.4. The molecule has 2 heterocycles. The van der Waals surface area contributed by atoms with Gasteiger partial charge in [0.05, 0.1) is 28.9 Å². The predicted molar refractivity (Wildman–Crippen MR) is 222 cm³/mol. The van der Waals surface area contributed by atoms with E-state index >= 15 is 0 Å². The summed E-state index contributed by atoms with van der Waals surface area (Å²) in [4.78, 5) is 19.1. The minimum atomic E-state index is -0.315. The first-order valence-electron chi connectivity index (χ1n) is 17.1. The number of ether oxygens (including phenoxy) is 1. The molecule has 0 saturated carbocycles. The third kappa shape index (κ3) is 9.13. The number of nitrogens with one attached hydrogen (secondary N) is 1. The van der Waals surface area contributed by atoms with Gasteiger partial charge < -0.3 is 24.2 Å². The SMILES string of the molecule is CCOC(=O)c1c(C)n(-c2ccccc2)c2ccc(N)cc12.Cc1ccc(SNc2ccccc2-c2nc3ccccc3o2)cc1.Sc1ccccc1. The number of rotatable bonds is 7. The van der Waals surface area contributed by atoms with Crippen molar-refractivity contribution in [3.05, 3.63) is 168 Å². The zero-order valence-electron chi connectivity index (χ0n) is 29.7. The Morgan fingerprint density at radius 3 is 2.17 bits per heavy atom. The van der Waals surface area contributed by atoms with E-state index in [0.717, 1.165) is 54.4 Å². The van der Waals surface area contributed by atoms with Crippen molar-refractivity contribution in [2.75, 3.05) is 17.1 Å². The Morgan fingerprint density at radius 2 is 1.49 bits per heavy atom. The van der Waals surface area contributed by atoms with E-state index in [2.05, 4.69) is 58.1 Å². The molecule has 0 radical (unpaired) electrons. The number of oxazole rings is 1. The molecule has 8 aromatic rings. The Morgan fingerprint density at radius 1 is 0.830 bits per heavy atom. The average Bonchev–Trinajstić information content (AvgIpc) is 3.74. The topological polar surface area (TPSA) is 95.3 Å². The molecule has 8 rings (SSSR count). The van der Waals surface area contributed by atoms with Gasteiger partial charge in [0.15, 0.2) is 5.58 Å². The fourth-order valence-electron chi connectivity index (χ4n) is 5.70. The quantitative estimate of drug-likeness (QED) is 0.0649. The molecule has 0 aliphatic carbocycles. The molecule has 0 aliphatic rings. The number of nitrogen functional groups attached to an aromatic ring is 1. The third-order valence-corrected chi connectivity index (χ3v) is 9.36. The lowest BCUT2D eigenvalue weighted by Gasteiger charge is -2.09. The number of para-hydroxylation sites is 4. The van der Waals surface area contributed by atoms with Gasteiger partial charge in [-0.05, 0) is 112 Å². The summed E-state index contributed by atoms with van der Waals surface area (Å²) in [5.41, 5.74) is 14.8. The van der Waals surface area contributed by atoms with Crippen molar-refractivity contribution < 1.29 is 13.9 Å². The first-order valence-corrected chi connectivity index (χ1v) is 18.4. The van der Waals surface area contributed by atoms with Gasteiger partial charge in [-0.3, -0.25) is 0 Å². The van der Waals surface area contributed by atoms with Gasteiger partial charge in [0, 0.05) is 32.2 Å². The van der Waals surface area contributed by atoms with E-state index in [1.165, 1.54) is 5.56 Å². The lowest BCUT2D eigenvalue weighted by Crippen LogP contribution is -2.07. The summed E-state index contributed by atoms with van der Waals surface area (Å²) in [6.45, 7) is 6.16. The van der Waals surface area contributed by atoms with E-state index in [1.807, 2.05) is 134 Å². The number of aryl methyl sites for hydroxylation is 1. The van der Waals surface area contributed by atoms with E-state index in [9.17, 15) is 4.79 Å². The highest BCUT2D eigenvalue weighted by Crippen LogP contribution is 2.33. The second kappa shape index (κ2) is 17.5. The number of benzene rings is 6. The van der Waals surface area contributed by atoms with E-state index in [-0.39, 0.29) is 5.97 Å². The fourth-order valence-corrected chi connectivity index (χ4v) is 6.55. The van der Waals surface area contributed by atoms with Crippen molar-refractivity contribution in [2.45, 2.75) is 30.6 Å². The lowest BCUT2D eigenvalue weighted by molar-refractivity contribution is 0.0527. The molecule has 0 spiro atoms. The van der Waals surface area contributed by atoms with Crippen molar-refractivity contribution in [1.82, 2.24) is 9.55 Å². The summed E-state index contributed by atoms with van der Waals surface area (Å²) in [6, 6.07) is 49.6. The molecule has 7 nitrogen and oxygen atoms in total. The lowest BCUT2D eigenvalue weighted by atomic mass is 10.1. The number of anilines is 2. The summed E-state index contributed by atoms with van der Waals surface area (Å²) in [5, 5.41) is 0.819. The highest BCUT2D eigenvalue weighted by atomic mass is 32.2. The summed E-state index contributed by atoms with van der Waals surface area (Å²) in [6.07, 6.45) is 0. The van der Waals surface area contributed by atoms with Crippen LogP contribution < -0.4 is 10.5 Å². The number of nitrogens with two attached hydrogens (primary N) is 1. The predicted octanol–water partition coefficient (Wildman–Crippen LogP) is 11.6. The van der Waals surface area contributed by atoms with Crippen LogP contribution in [0.15, 0.2) is 166 Å². The molecular formula is C44H40N4O3S2. The highest BCUT2D eigenvalue weighted by Gasteiger charge is 2.22. The normalized spacial score (nSPS) is 10.6. The second-order valence-electron chi connectivity index (χ2n) is 12.0. The molecule has 53 heavy (non-hydrogen) atoms. The van der Waals surface area contributed by atoms with Crippen molar-refractivity contribution in [3.8, 4) is 17.1 Å². The molecule has 2 aromatic heterocycles. The Hall–Kier alpha value is -5.90. The molecule has 6 aromatic carbocycles. The monoisotopic (exact) mass is 736 g/mol. The van der Waals surface area contributed by atoms with Crippen LogP contribution in [0.5, 0.6) is 0 Å². The zero-order chi connectivity index (χ0) is 37.2. The van der Waals surface area contributed by atoms with Crippen LogP contribution in [0, 0.1) is 13.8 Å². The standard InChI is InChI=1S/C20H16N2OS.C18H18N2O2.C6H6S/c1-14-10-12-15(13-11-14)24-22-17-7-3-2-6-16(17)20-21-18-8-4-5-9-19(18)23-20;1-3-22-18(21)17-12(2)20(14-7-5-4-6-8-14)16-10-9-13(19)11-15(16)17;7-6-4-2-1-3-5-6/h2-13,22H,1H3;4-11H,3,19H2,1-2H3;1-5,7H. The van der Waals surface area contributed by atoms with E-state index in [4.69, 9.17) is 14.9 Å². The van der Waals surface area contributed by atoms with Crippen molar-refractivity contribution in [2.24, 2.45) is 0 Å². The molecule has 0 aliphatic heterocycles. The molecule has 266 valence electrons. The maximum absolute atomic E-state index is 12.4. The van der Waals surface area contributed by atoms with Crippen LogP contribution in [-0.4, -0.2) is 22.1 Å². The minimum absolute atomic E-state index is 0.315. The number of nitrogens with zero attached hydrogens (tertiary/aromatic N) is 2. The number of hydrogen-bond acceptors (Lipinski definition) is 8. The van der Waals surface area contributed by atoms with Crippen LogP contribution in [0.25, 0.3) is 39.1 Å². The van der Waals surface area contributed by atoms with Crippen LogP contribution in [0.2, 0.25) is 0 Å². The minimum Gasteiger partial charge on any atom is -0.462 e. The molecule has 0 amide bonds. The number of esters is 1. The second-order valence-corrected chi connectivity index (χ2v) is 13.4. The van der Waals surface area contributed by atoms with Gasteiger partial charge in [-0.1, -0.05) is 78.4 Å². The Balaban J connectivity index is 0.000000154. The number of thiol groups is 1. The summed E-state index contributed by atoms with van der Waals surface area (Å²) in [7, 11) is 0. The molecule has 0 fully saturated rings. The number of carbonyl (C=O) groups excluding carboxylic acids is 1. The van der Waals surface area contributed by atoms with Crippen LogP contribution in [0.4, 0.5) is 11.4 Å². The Kier molecular flexibility index (Phi) is 12.2. The van der Waals surface area contributed by atoms with Gasteiger partial charge in [-0.25, -0.2) is 9.78 Å². The van der Waals surface area contributed by atoms with E-state index < -0.39 is 0 Å². The average molecular weight is 737 g/mol. The van der Waals surface area contributed by atoms with E-state index in [0.29, 0.717) is 23.7 Å². The third-order valence-electron chi connectivity index (χ3n) is 8.23. The van der Waals surface area contributed by atoms with Gasteiger partial charge in [-0.2, -0.15) is 0 Å². The number of hydrogen-bond donors (Lipinski definition) is 3. The smallest absolute Gasteiger partial charge is 0.340 e. The van der Waals surface area contributed by atoms with Crippen molar-refractivity contribution in [1.29, 1.82) is 0 Å². The van der Waals surface area contributed by atoms with Gasteiger partial charge >= 0.3 is 5.97 Å². The van der Waals surface area contributed by atoms with Crippen molar-refractivity contribution >= 4 is 63.9 Å². The van der Waals surface area contributed by atoms with Crippen molar-refractivity contribution in [3.63, 3.8) is 0 Å². The highest BCUT2D eigenvalue weighted by molar-refractivity contribution is 8.00. The van der Waals surface area contributed by atoms with Crippen LogP contribution in [-0.2, 0) is 4.74 Å². The molecule has 3 N–H and O–H groups in total. The van der Waals surface area contributed by atoms with Crippen LogP contribution in [0.3, 0.4) is 0 Å². The van der Waals surface area contributed by atoms with Gasteiger partial charge in [0.1, 0.15) is 5.52 Å². The van der Waals surface area contributed by atoms with Gasteiger partial charge in [0.25, 0.3) is 0 Å². The summed E-state index contributed by atoms with van der Waals surface area (Å²) >= 11 is 5.66. The number of carbonyl (C=O) groups is 1.